The SMILES string of the molecule is N#CC(C#N)=c1c(C#N)c/c(=C(/C#N)c2c(F)c(F)nc(F)c2F)c(C#N)c1C#N. The Balaban J connectivity index is 3.40. The van der Waals surface area contributed by atoms with Crippen LogP contribution >= 0.6 is 0 Å². The van der Waals surface area contributed by atoms with E-state index < -0.39 is 67.4 Å². The average molecular weight is 403 g/mol. The lowest BCUT2D eigenvalue weighted by atomic mass is 9.93. The molecular formula is C19HF4N7. The molecule has 0 saturated heterocycles. The molecule has 0 unspecified atom stereocenters. The molecule has 1 heterocycles. The van der Waals surface area contributed by atoms with Gasteiger partial charge in [-0.05, 0) is 6.07 Å². The van der Waals surface area contributed by atoms with Crippen LogP contribution in [0.3, 0.4) is 0 Å². The molecular weight excluding hydrogens is 402 g/mol. The number of aromatic nitrogens is 1. The average Bonchev–Trinajstić information content (AvgIpc) is 2.75. The smallest absolute Gasteiger partial charge is 0.201 e. The Morgan fingerprint density at radius 1 is 0.733 bits per heavy atom. The summed E-state index contributed by atoms with van der Waals surface area (Å²) >= 11 is 0. The lowest BCUT2D eigenvalue weighted by Crippen LogP contribution is -2.26. The van der Waals surface area contributed by atoms with Gasteiger partial charge in [-0.15, -0.1) is 0 Å². The van der Waals surface area contributed by atoms with Gasteiger partial charge in [-0.1, -0.05) is 0 Å². The van der Waals surface area contributed by atoms with Gasteiger partial charge in [0.2, 0.25) is 0 Å². The van der Waals surface area contributed by atoms with Crippen LogP contribution in [0.15, 0.2) is 6.07 Å². The van der Waals surface area contributed by atoms with E-state index in [4.69, 9.17) is 10.5 Å². The number of benzene rings is 1. The van der Waals surface area contributed by atoms with Crippen LogP contribution in [-0.2, 0) is 0 Å². The molecule has 30 heavy (non-hydrogen) atoms. The molecule has 11 heteroatoms. The Kier molecular flexibility index (Phi) is 5.76. The van der Waals surface area contributed by atoms with Gasteiger partial charge in [-0.25, -0.2) is 8.78 Å². The first-order valence-electron chi connectivity index (χ1n) is 7.37. The molecule has 2 aromatic rings. The van der Waals surface area contributed by atoms with E-state index >= 15 is 0 Å². The van der Waals surface area contributed by atoms with Crippen molar-refractivity contribution in [3.05, 3.63) is 62.3 Å². The molecule has 7 nitrogen and oxygen atoms in total. The van der Waals surface area contributed by atoms with Gasteiger partial charge in [0.25, 0.3) is 11.9 Å². The van der Waals surface area contributed by atoms with Crippen molar-refractivity contribution >= 4 is 11.1 Å². The molecule has 0 aliphatic rings. The largest absolute Gasteiger partial charge is 0.252 e. The number of hydrogen-bond acceptors (Lipinski definition) is 7. The number of nitriles is 6. The summed E-state index contributed by atoms with van der Waals surface area (Å²) in [6, 6.07) is 9.39. The first-order valence-corrected chi connectivity index (χ1v) is 7.37. The lowest BCUT2D eigenvalue weighted by Gasteiger charge is -2.07. The van der Waals surface area contributed by atoms with Crippen molar-refractivity contribution in [1.29, 1.82) is 31.6 Å². The van der Waals surface area contributed by atoms with E-state index in [1.165, 1.54) is 36.4 Å². The van der Waals surface area contributed by atoms with Gasteiger partial charge in [0, 0.05) is 10.4 Å². The van der Waals surface area contributed by atoms with Crippen LogP contribution in [-0.4, -0.2) is 4.98 Å². The number of halogens is 4. The zero-order chi connectivity index (χ0) is 22.6. The van der Waals surface area contributed by atoms with Gasteiger partial charge < -0.3 is 0 Å². The fourth-order valence-electron chi connectivity index (χ4n) is 2.55. The fraction of sp³-hybridized carbons (Fsp3) is 0. The zero-order valence-corrected chi connectivity index (χ0v) is 14.2. The molecule has 0 spiro atoms. The first-order chi connectivity index (χ1) is 14.3. The van der Waals surface area contributed by atoms with Crippen molar-refractivity contribution in [2.24, 2.45) is 0 Å². The van der Waals surface area contributed by atoms with Crippen LogP contribution in [0, 0.1) is 91.5 Å². The maximum absolute atomic E-state index is 14.2. The number of rotatable bonds is 1. The van der Waals surface area contributed by atoms with Crippen LogP contribution in [0.4, 0.5) is 17.6 Å². The van der Waals surface area contributed by atoms with Gasteiger partial charge in [0.1, 0.15) is 35.9 Å². The maximum Gasteiger partial charge on any atom is 0.252 e. The Bertz CT molecular complexity index is 1460. The molecule has 140 valence electrons. The topological polar surface area (TPSA) is 156 Å². The molecule has 1 aromatic carbocycles. The van der Waals surface area contributed by atoms with E-state index in [0.717, 1.165) is 0 Å². The predicted octanol–water partition coefficient (Wildman–Crippen LogP) is 1.17. The summed E-state index contributed by atoms with van der Waals surface area (Å²) in [6.07, 6.45) is 0. The molecule has 1 aromatic heterocycles. The molecule has 2 rings (SSSR count). The minimum Gasteiger partial charge on any atom is -0.201 e. The second kappa shape index (κ2) is 8.20. The minimum absolute atomic E-state index is 0.532. The normalized spacial score (nSPS) is 10.3. The molecule has 0 atom stereocenters. The van der Waals surface area contributed by atoms with E-state index in [2.05, 4.69) is 4.98 Å². The van der Waals surface area contributed by atoms with Crippen molar-refractivity contribution in [3.63, 3.8) is 0 Å². The highest BCUT2D eigenvalue weighted by atomic mass is 19.2. The molecule has 0 radical (unpaired) electrons. The van der Waals surface area contributed by atoms with Crippen molar-refractivity contribution in [3.8, 4) is 36.4 Å². The Hall–Kier alpha value is -5.23. The number of nitrogens with zero attached hydrogens (tertiary/aromatic N) is 7. The maximum atomic E-state index is 14.2. The molecule has 0 N–H and O–H groups in total. The molecule has 0 saturated carbocycles. The molecule has 0 aliphatic heterocycles. The van der Waals surface area contributed by atoms with Gasteiger partial charge in [-0.3, -0.25) is 0 Å². The highest BCUT2D eigenvalue weighted by molar-refractivity contribution is 5.81. The van der Waals surface area contributed by atoms with E-state index in [0.29, 0.717) is 6.07 Å². The Morgan fingerprint density at radius 3 is 1.67 bits per heavy atom. The summed E-state index contributed by atoms with van der Waals surface area (Å²) in [5.74, 6) is -8.23. The van der Waals surface area contributed by atoms with E-state index in [9.17, 15) is 38.6 Å². The lowest BCUT2D eigenvalue weighted by molar-refractivity contribution is 0.404. The Labute approximate surface area is 164 Å². The highest BCUT2D eigenvalue weighted by Gasteiger charge is 2.26. The third-order valence-electron chi connectivity index (χ3n) is 3.77. The van der Waals surface area contributed by atoms with Crippen LogP contribution in [0.2, 0.25) is 0 Å². The molecule has 0 aliphatic carbocycles. The second-order valence-corrected chi connectivity index (χ2v) is 5.21. The highest BCUT2D eigenvalue weighted by Crippen LogP contribution is 2.23. The fourth-order valence-corrected chi connectivity index (χ4v) is 2.55. The van der Waals surface area contributed by atoms with Crippen LogP contribution in [0.25, 0.3) is 11.1 Å². The van der Waals surface area contributed by atoms with E-state index in [1.54, 1.807) is 0 Å². The van der Waals surface area contributed by atoms with Crippen LogP contribution in [0.5, 0.6) is 0 Å². The molecule has 0 fully saturated rings. The molecule has 0 bridgehead atoms. The van der Waals surface area contributed by atoms with Crippen LogP contribution < -0.4 is 10.4 Å². The van der Waals surface area contributed by atoms with Gasteiger partial charge in [0.15, 0.2) is 11.6 Å². The summed E-state index contributed by atoms with van der Waals surface area (Å²) in [5, 5.41) is 54.5. The number of hydrogen-bond donors (Lipinski definition) is 0. The van der Waals surface area contributed by atoms with Gasteiger partial charge >= 0.3 is 0 Å². The van der Waals surface area contributed by atoms with Gasteiger partial charge in [0.05, 0.1) is 33.9 Å². The summed E-state index contributed by atoms with van der Waals surface area (Å²) in [7, 11) is 0. The summed E-state index contributed by atoms with van der Waals surface area (Å²) in [5.41, 5.74) is -5.37. The van der Waals surface area contributed by atoms with Crippen molar-refractivity contribution in [2.45, 2.75) is 0 Å². The second-order valence-electron chi connectivity index (χ2n) is 5.21. The third kappa shape index (κ3) is 3.12. The number of pyridine rings is 1. The summed E-state index contributed by atoms with van der Waals surface area (Å²) in [4.78, 5) is 2.36. The summed E-state index contributed by atoms with van der Waals surface area (Å²) < 4.78 is 55.3. The van der Waals surface area contributed by atoms with Crippen molar-refractivity contribution in [1.82, 2.24) is 4.98 Å². The van der Waals surface area contributed by atoms with Crippen molar-refractivity contribution < 1.29 is 17.6 Å². The van der Waals surface area contributed by atoms with E-state index in [1.807, 2.05) is 0 Å². The predicted molar refractivity (Wildman–Crippen MR) is 86.7 cm³/mol. The quantitative estimate of drug-likeness (QED) is 0.511. The third-order valence-corrected chi connectivity index (χ3v) is 3.77. The summed E-state index contributed by atoms with van der Waals surface area (Å²) in [6.45, 7) is 0. The standard InChI is InChI=1S/C19HF4N7/c20-16-15(17(21)19(23)30-18(16)22)12(6-28)10-1-8(2-24)14(9(3-25)4-26)13(7-29)11(10)5-27/h1H/b12-10+. The zero-order valence-electron chi connectivity index (χ0n) is 14.2. The molecule has 0 amide bonds. The van der Waals surface area contributed by atoms with Crippen molar-refractivity contribution in [2.75, 3.05) is 0 Å². The van der Waals surface area contributed by atoms with E-state index in [-0.39, 0.29) is 0 Å². The minimum atomic E-state index is -2.07. The van der Waals surface area contributed by atoms with Crippen LogP contribution in [0.1, 0.15) is 22.3 Å². The Morgan fingerprint density at radius 2 is 1.27 bits per heavy atom. The monoisotopic (exact) mass is 403 g/mol. The first kappa shape index (κ1) is 21.1. The van der Waals surface area contributed by atoms with Gasteiger partial charge in [-0.2, -0.15) is 45.3 Å².